The van der Waals surface area contributed by atoms with Gasteiger partial charge in [0.15, 0.2) is 0 Å². The van der Waals surface area contributed by atoms with Gasteiger partial charge >= 0.3 is 0 Å². The highest BCUT2D eigenvalue weighted by molar-refractivity contribution is 9.10. The van der Waals surface area contributed by atoms with Crippen molar-refractivity contribution in [2.75, 3.05) is 33.4 Å². The number of rotatable bonds is 10. The van der Waals surface area contributed by atoms with E-state index in [0.717, 1.165) is 16.6 Å². The van der Waals surface area contributed by atoms with Crippen LogP contribution in [0.25, 0.3) is 0 Å². The minimum absolute atomic E-state index is 0.0489. The predicted octanol–water partition coefficient (Wildman–Crippen LogP) is 3.32. The summed E-state index contributed by atoms with van der Waals surface area (Å²) in [7, 11) is 3.57. The number of benzene rings is 1. The molecule has 2 rings (SSSR count). The number of methoxy groups -OCH3 is 1. The fourth-order valence-electron chi connectivity index (χ4n) is 2.94. The van der Waals surface area contributed by atoms with Crippen molar-refractivity contribution in [3.8, 4) is 0 Å². The van der Waals surface area contributed by atoms with Crippen LogP contribution in [0.15, 0.2) is 47.1 Å². The second kappa shape index (κ2) is 11.0. The van der Waals surface area contributed by atoms with Gasteiger partial charge in [0.2, 0.25) is 5.91 Å². The van der Waals surface area contributed by atoms with Crippen LogP contribution in [0.3, 0.4) is 0 Å². The third kappa shape index (κ3) is 6.21. The number of aryl methyl sites for hydroxylation is 1. The van der Waals surface area contributed by atoms with Gasteiger partial charge < -0.3 is 19.1 Å². The van der Waals surface area contributed by atoms with Crippen molar-refractivity contribution in [1.29, 1.82) is 0 Å². The van der Waals surface area contributed by atoms with Crippen molar-refractivity contribution in [2.45, 2.75) is 19.9 Å². The predicted molar refractivity (Wildman–Crippen MR) is 113 cm³/mol. The molecule has 0 aliphatic rings. The molecule has 2 aromatic rings. The summed E-state index contributed by atoms with van der Waals surface area (Å²) in [4.78, 5) is 29.3. The Morgan fingerprint density at radius 2 is 1.93 bits per heavy atom. The van der Waals surface area contributed by atoms with Crippen molar-refractivity contribution in [2.24, 2.45) is 7.05 Å². The molecule has 7 heteroatoms. The lowest BCUT2D eigenvalue weighted by molar-refractivity contribution is -0.133. The molecule has 0 saturated carbocycles. The molecule has 0 unspecified atom stereocenters. The fourth-order valence-corrected chi connectivity index (χ4v) is 3.34. The Kier molecular flexibility index (Phi) is 8.73. The monoisotopic (exact) mass is 449 g/mol. The molecule has 0 atom stereocenters. The van der Waals surface area contributed by atoms with Crippen LogP contribution in [0, 0.1) is 0 Å². The van der Waals surface area contributed by atoms with Crippen LogP contribution in [0.2, 0.25) is 0 Å². The van der Waals surface area contributed by atoms with Gasteiger partial charge in [0, 0.05) is 49.2 Å². The van der Waals surface area contributed by atoms with Gasteiger partial charge in [-0.2, -0.15) is 0 Å². The molecule has 1 aromatic heterocycles. The Balaban J connectivity index is 2.14. The average molecular weight is 450 g/mol. The molecule has 0 saturated heterocycles. The second-order valence-electron chi connectivity index (χ2n) is 6.66. The van der Waals surface area contributed by atoms with Crippen LogP contribution in [0.1, 0.15) is 29.4 Å². The molecule has 0 aliphatic carbocycles. The Labute approximate surface area is 175 Å². The van der Waals surface area contributed by atoms with Crippen LogP contribution >= 0.6 is 15.9 Å². The number of ether oxygens (including phenoxy) is 1. The van der Waals surface area contributed by atoms with Crippen LogP contribution in [-0.2, 0) is 23.1 Å². The van der Waals surface area contributed by atoms with Gasteiger partial charge in [-0.15, -0.1) is 0 Å². The van der Waals surface area contributed by atoms with E-state index in [2.05, 4.69) is 15.9 Å². The fraction of sp³-hybridized carbons (Fsp3) is 0.429. The molecule has 152 valence electrons. The van der Waals surface area contributed by atoms with Gasteiger partial charge in [-0.1, -0.05) is 28.9 Å². The topological polar surface area (TPSA) is 54.8 Å². The summed E-state index contributed by atoms with van der Waals surface area (Å²) >= 11 is 3.40. The lowest BCUT2D eigenvalue weighted by Gasteiger charge is -2.27. The highest BCUT2D eigenvalue weighted by Crippen LogP contribution is 2.14. The number of carbonyl (C=O) groups is 2. The summed E-state index contributed by atoms with van der Waals surface area (Å²) in [5.41, 5.74) is 1.60. The van der Waals surface area contributed by atoms with E-state index >= 15 is 0 Å². The van der Waals surface area contributed by atoms with E-state index in [0.29, 0.717) is 31.8 Å². The maximum Gasteiger partial charge on any atom is 0.254 e. The number of hydrogen-bond acceptors (Lipinski definition) is 3. The number of carbonyl (C=O) groups excluding carboxylic acids is 2. The highest BCUT2D eigenvalue weighted by Gasteiger charge is 2.22. The van der Waals surface area contributed by atoms with Gasteiger partial charge in [-0.25, -0.2) is 0 Å². The van der Waals surface area contributed by atoms with Crippen LogP contribution in [0.5, 0.6) is 0 Å². The molecule has 0 N–H and O–H groups in total. The van der Waals surface area contributed by atoms with Gasteiger partial charge in [0.25, 0.3) is 5.91 Å². The zero-order valence-corrected chi connectivity index (χ0v) is 18.3. The first-order valence-corrected chi connectivity index (χ1v) is 10.2. The number of amides is 2. The Hall–Kier alpha value is -2.12. The van der Waals surface area contributed by atoms with E-state index in [1.165, 1.54) is 0 Å². The van der Waals surface area contributed by atoms with E-state index in [1.807, 2.05) is 49.0 Å². The van der Waals surface area contributed by atoms with Crippen molar-refractivity contribution < 1.29 is 14.3 Å². The second-order valence-corrected chi connectivity index (χ2v) is 7.57. The number of aromatic nitrogens is 1. The Morgan fingerprint density at radius 1 is 1.14 bits per heavy atom. The SMILES string of the molecule is CCCN(CC(=O)N(CCOC)Cc1cccn1C)C(=O)c1cccc(Br)c1. The molecule has 1 aromatic carbocycles. The van der Waals surface area contributed by atoms with E-state index in [1.54, 1.807) is 29.0 Å². The molecule has 0 bridgehead atoms. The molecule has 6 nitrogen and oxygen atoms in total. The van der Waals surface area contributed by atoms with Gasteiger partial charge in [-0.05, 0) is 36.8 Å². The van der Waals surface area contributed by atoms with E-state index in [-0.39, 0.29) is 18.4 Å². The molecule has 28 heavy (non-hydrogen) atoms. The first-order valence-electron chi connectivity index (χ1n) is 9.38. The highest BCUT2D eigenvalue weighted by atomic mass is 79.9. The summed E-state index contributed by atoms with van der Waals surface area (Å²) in [6, 6.07) is 11.2. The summed E-state index contributed by atoms with van der Waals surface area (Å²) in [6.07, 6.45) is 2.73. The smallest absolute Gasteiger partial charge is 0.254 e. The van der Waals surface area contributed by atoms with Gasteiger partial charge in [0.05, 0.1) is 13.2 Å². The minimum atomic E-state index is -0.137. The van der Waals surface area contributed by atoms with Crippen molar-refractivity contribution in [3.63, 3.8) is 0 Å². The van der Waals surface area contributed by atoms with E-state index < -0.39 is 0 Å². The van der Waals surface area contributed by atoms with E-state index in [4.69, 9.17) is 4.74 Å². The van der Waals surface area contributed by atoms with Crippen LogP contribution in [0.4, 0.5) is 0 Å². The molecule has 0 radical (unpaired) electrons. The number of hydrogen-bond donors (Lipinski definition) is 0. The summed E-state index contributed by atoms with van der Waals surface area (Å²) < 4.78 is 8.00. The lowest BCUT2D eigenvalue weighted by atomic mass is 10.2. The largest absolute Gasteiger partial charge is 0.383 e. The third-order valence-electron chi connectivity index (χ3n) is 4.50. The average Bonchev–Trinajstić information content (AvgIpc) is 3.08. The zero-order valence-electron chi connectivity index (χ0n) is 16.7. The number of nitrogens with zero attached hydrogens (tertiary/aromatic N) is 3. The Morgan fingerprint density at radius 3 is 2.54 bits per heavy atom. The minimum Gasteiger partial charge on any atom is -0.383 e. The lowest BCUT2D eigenvalue weighted by Crippen LogP contribution is -2.44. The Bertz CT molecular complexity index is 791. The van der Waals surface area contributed by atoms with E-state index in [9.17, 15) is 9.59 Å². The quantitative estimate of drug-likeness (QED) is 0.558. The standard InChI is InChI=1S/C21H28BrN3O3/c1-4-10-25(21(27)17-7-5-8-18(22)14-17)16-20(26)24(12-13-28-3)15-19-9-6-11-23(19)2/h5-9,11,14H,4,10,12-13,15-16H2,1-3H3. The van der Waals surface area contributed by atoms with Crippen molar-refractivity contribution >= 4 is 27.7 Å². The third-order valence-corrected chi connectivity index (χ3v) is 4.99. The maximum absolute atomic E-state index is 13.0. The first kappa shape index (κ1) is 22.2. The zero-order chi connectivity index (χ0) is 20.5. The maximum atomic E-state index is 13.0. The normalized spacial score (nSPS) is 10.7. The summed E-state index contributed by atoms with van der Waals surface area (Å²) in [6.45, 7) is 3.98. The van der Waals surface area contributed by atoms with Crippen molar-refractivity contribution in [1.82, 2.24) is 14.4 Å². The van der Waals surface area contributed by atoms with Gasteiger partial charge in [0.1, 0.15) is 6.54 Å². The molecule has 0 aliphatic heterocycles. The van der Waals surface area contributed by atoms with Crippen LogP contribution < -0.4 is 0 Å². The van der Waals surface area contributed by atoms with Gasteiger partial charge in [-0.3, -0.25) is 9.59 Å². The molecular weight excluding hydrogens is 422 g/mol. The molecular formula is C21H28BrN3O3. The molecule has 0 spiro atoms. The number of halogens is 1. The van der Waals surface area contributed by atoms with Crippen LogP contribution in [-0.4, -0.2) is 59.5 Å². The molecule has 2 amide bonds. The summed E-state index contributed by atoms with van der Waals surface area (Å²) in [5.74, 6) is -0.225. The summed E-state index contributed by atoms with van der Waals surface area (Å²) in [5, 5.41) is 0. The first-order chi connectivity index (χ1) is 13.5. The molecule has 1 heterocycles. The molecule has 0 fully saturated rings. The van der Waals surface area contributed by atoms with Crippen molar-refractivity contribution in [3.05, 3.63) is 58.3 Å².